The maximum Gasteiger partial charge on any atom is 0.0622 e. The van der Waals surface area contributed by atoms with Crippen molar-refractivity contribution in [1.29, 1.82) is 0 Å². The molecular formula is C10H13IN2. The van der Waals surface area contributed by atoms with Crippen LogP contribution < -0.4 is 0 Å². The van der Waals surface area contributed by atoms with Crippen LogP contribution in [-0.4, -0.2) is 20.5 Å². The molecule has 1 fully saturated rings. The summed E-state index contributed by atoms with van der Waals surface area (Å²) >= 11 is 2.52. The molecule has 0 amide bonds. The Hall–Kier alpha value is -0.160. The Kier molecular flexibility index (Phi) is 3.16. The summed E-state index contributed by atoms with van der Waals surface area (Å²) in [5.74, 6) is 0. The first-order valence-corrected chi connectivity index (χ1v) is 5.89. The van der Waals surface area contributed by atoms with Crippen LogP contribution in [0.15, 0.2) is 24.4 Å². The van der Waals surface area contributed by atoms with Crippen LogP contribution in [0.5, 0.6) is 0 Å². The molecule has 0 radical (unpaired) electrons. The molecule has 2 nitrogen and oxygen atoms in total. The summed E-state index contributed by atoms with van der Waals surface area (Å²) in [6.45, 7) is 2.23. The molecule has 1 saturated heterocycles. The molecule has 0 aromatic carbocycles. The van der Waals surface area contributed by atoms with Crippen LogP contribution in [0.4, 0.5) is 0 Å². The summed E-state index contributed by atoms with van der Waals surface area (Å²) in [7, 11) is 0. The van der Waals surface area contributed by atoms with Gasteiger partial charge in [0.25, 0.3) is 0 Å². The van der Waals surface area contributed by atoms with Crippen molar-refractivity contribution in [2.75, 3.05) is 6.54 Å². The minimum absolute atomic E-state index is 0.708. The first kappa shape index (κ1) is 9.40. The third-order valence-corrected chi connectivity index (χ3v) is 3.79. The first-order valence-electron chi connectivity index (χ1n) is 4.64. The molecule has 0 spiro atoms. The number of hydrogen-bond donors (Lipinski definition) is 0. The third-order valence-electron chi connectivity index (χ3n) is 2.38. The van der Waals surface area contributed by atoms with Crippen LogP contribution in [0.25, 0.3) is 0 Å². The van der Waals surface area contributed by atoms with E-state index in [2.05, 4.69) is 44.6 Å². The second-order valence-corrected chi connectivity index (χ2v) is 4.81. The predicted molar refractivity (Wildman–Crippen MR) is 61.7 cm³/mol. The largest absolute Gasteiger partial charge is 0.286 e. The standard InChI is InChI=1S/C10H13IN2/c11-10-5-3-7-13(10)8-9-4-1-2-6-12-9/h1-2,4,6,10H,3,5,7-8H2/t10-/m1/s1. The highest BCUT2D eigenvalue weighted by molar-refractivity contribution is 14.1. The summed E-state index contributed by atoms with van der Waals surface area (Å²) in [5, 5.41) is 0. The fourth-order valence-electron chi connectivity index (χ4n) is 1.66. The normalized spacial score (nSPS) is 23.6. The van der Waals surface area contributed by atoms with Crippen molar-refractivity contribution in [3.8, 4) is 0 Å². The highest BCUT2D eigenvalue weighted by Gasteiger charge is 2.21. The lowest BCUT2D eigenvalue weighted by atomic mass is 10.3. The molecule has 13 heavy (non-hydrogen) atoms. The van der Waals surface area contributed by atoms with Gasteiger partial charge in [0.15, 0.2) is 0 Å². The van der Waals surface area contributed by atoms with E-state index in [0.717, 1.165) is 6.54 Å². The molecule has 1 aromatic heterocycles. The molecule has 0 unspecified atom stereocenters. The van der Waals surface area contributed by atoms with Crippen molar-refractivity contribution >= 4 is 22.6 Å². The molecule has 3 heteroatoms. The third kappa shape index (κ3) is 2.40. The van der Waals surface area contributed by atoms with Gasteiger partial charge in [0.1, 0.15) is 0 Å². The van der Waals surface area contributed by atoms with Crippen LogP contribution in [0, 0.1) is 0 Å². The molecule has 0 bridgehead atoms. The van der Waals surface area contributed by atoms with E-state index in [1.54, 1.807) is 0 Å². The summed E-state index contributed by atoms with van der Waals surface area (Å²) in [6, 6.07) is 6.12. The van der Waals surface area contributed by atoms with Gasteiger partial charge in [-0.2, -0.15) is 0 Å². The van der Waals surface area contributed by atoms with Crippen LogP contribution in [0.1, 0.15) is 18.5 Å². The molecule has 0 N–H and O–H groups in total. The van der Waals surface area contributed by atoms with E-state index in [1.807, 2.05) is 12.3 Å². The van der Waals surface area contributed by atoms with E-state index in [0.29, 0.717) is 4.05 Å². The molecule has 1 aliphatic rings. The van der Waals surface area contributed by atoms with Gasteiger partial charge in [-0.15, -0.1) is 0 Å². The molecule has 2 heterocycles. The average Bonchev–Trinajstić information content (AvgIpc) is 2.54. The quantitative estimate of drug-likeness (QED) is 0.472. The van der Waals surface area contributed by atoms with Gasteiger partial charge in [-0.05, 0) is 31.5 Å². The Morgan fingerprint density at radius 2 is 2.46 bits per heavy atom. The number of likely N-dealkylation sites (tertiary alicyclic amines) is 1. The monoisotopic (exact) mass is 288 g/mol. The maximum absolute atomic E-state index is 4.33. The average molecular weight is 288 g/mol. The van der Waals surface area contributed by atoms with E-state index < -0.39 is 0 Å². The second-order valence-electron chi connectivity index (χ2n) is 3.37. The van der Waals surface area contributed by atoms with E-state index >= 15 is 0 Å². The number of nitrogens with zero attached hydrogens (tertiary/aromatic N) is 2. The highest BCUT2D eigenvalue weighted by Crippen LogP contribution is 2.23. The maximum atomic E-state index is 4.33. The Labute approximate surface area is 92.5 Å². The van der Waals surface area contributed by atoms with Gasteiger partial charge >= 0.3 is 0 Å². The zero-order valence-corrected chi connectivity index (χ0v) is 9.65. The van der Waals surface area contributed by atoms with Crippen molar-refractivity contribution in [2.24, 2.45) is 0 Å². The van der Waals surface area contributed by atoms with E-state index in [1.165, 1.54) is 25.1 Å². The van der Waals surface area contributed by atoms with E-state index in [4.69, 9.17) is 0 Å². The Morgan fingerprint density at radius 3 is 3.08 bits per heavy atom. The number of aromatic nitrogens is 1. The van der Waals surface area contributed by atoms with Crippen LogP contribution >= 0.6 is 22.6 Å². The molecule has 2 rings (SSSR count). The fourth-order valence-corrected chi connectivity index (χ4v) is 2.58. The zero-order chi connectivity index (χ0) is 9.10. The molecular weight excluding hydrogens is 275 g/mol. The van der Waals surface area contributed by atoms with Gasteiger partial charge in [0.2, 0.25) is 0 Å². The van der Waals surface area contributed by atoms with Crippen molar-refractivity contribution in [3.05, 3.63) is 30.1 Å². The minimum atomic E-state index is 0.708. The number of alkyl halides is 1. The number of hydrogen-bond acceptors (Lipinski definition) is 2. The second kappa shape index (κ2) is 4.37. The van der Waals surface area contributed by atoms with Crippen LogP contribution in [0.2, 0.25) is 0 Å². The summed E-state index contributed by atoms with van der Waals surface area (Å²) in [4.78, 5) is 6.82. The smallest absolute Gasteiger partial charge is 0.0622 e. The molecule has 1 aromatic rings. The SMILES string of the molecule is I[C@H]1CCCN1Cc1ccccn1. The van der Waals surface area contributed by atoms with Crippen LogP contribution in [0.3, 0.4) is 0 Å². The van der Waals surface area contributed by atoms with Crippen molar-refractivity contribution in [1.82, 2.24) is 9.88 Å². The van der Waals surface area contributed by atoms with Gasteiger partial charge in [0, 0.05) is 12.7 Å². The molecule has 70 valence electrons. The van der Waals surface area contributed by atoms with Crippen LogP contribution in [-0.2, 0) is 6.54 Å². The van der Waals surface area contributed by atoms with Gasteiger partial charge in [-0.3, -0.25) is 9.88 Å². The number of pyridine rings is 1. The lowest BCUT2D eigenvalue weighted by Gasteiger charge is -2.18. The minimum Gasteiger partial charge on any atom is -0.286 e. The Bertz CT molecular complexity index is 263. The van der Waals surface area contributed by atoms with Gasteiger partial charge in [-0.25, -0.2) is 0 Å². The lowest BCUT2D eigenvalue weighted by Crippen LogP contribution is -2.24. The zero-order valence-electron chi connectivity index (χ0n) is 7.49. The van der Waals surface area contributed by atoms with Gasteiger partial charge in [0.05, 0.1) is 9.74 Å². The number of halogens is 1. The molecule has 0 aliphatic carbocycles. The van der Waals surface area contributed by atoms with Crippen molar-refractivity contribution < 1.29 is 0 Å². The summed E-state index contributed by atoms with van der Waals surface area (Å²) in [6.07, 6.45) is 4.53. The summed E-state index contributed by atoms with van der Waals surface area (Å²) in [5.41, 5.74) is 1.19. The van der Waals surface area contributed by atoms with Crippen molar-refractivity contribution in [3.63, 3.8) is 0 Å². The molecule has 1 atom stereocenters. The highest BCUT2D eigenvalue weighted by atomic mass is 127. The topological polar surface area (TPSA) is 16.1 Å². The first-order chi connectivity index (χ1) is 6.36. The van der Waals surface area contributed by atoms with E-state index in [9.17, 15) is 0 Å². The Morgan fingerprint density at radius 1 is 1.54 bits per heavy atom. The molecule has 0 saturated carbocycles. The lowest BCUT2D eigenvalue weighted by molar-refractivity contribution is 0.315. The number of rotatable bonds is 2. The van der Waals surface area contributed by atoms with Gasteiger partial charge in [-0.1, -0.05) is 28.7 Å². The van der Waals surface area contributed by atoms with E-state index in [-0.39, 0.29) is 0 Å². The van der Waals surface area contributed by atoms with Gasteiger partial charge < -0.3 is 0 Å². The van der Waals surface area contributed by atoms with Crippen molar-refractivity contribution in [2.45, 2.75) is 23.4 Å². The summed E-state index contributed by atoms with van der Waals surface area (Å²) < 4.78 is 0.708. The molecule has 1 aliphatic heterocycles. The Balaban J connectivity index is 1.98. The predicted octanol–water partition coefficient (Wildman–Crippen LogP) is 2.44. The fraction of sp³-hybridized carbons (Fsp3) is 0.500.